The average molecular weight is 264 g/mol. The molecule has 0 amide bonds. The maximum absolute atomic E-state index is 5.41. The molecule has 0 spiro atoms. The average Bonchev–Trinajstić information content (AvgIpc) is 2.60. The third kappa shape index (κ3) is 3.03. The van der Waals surface area contributed by atoms with Crippen LogP contribution in [0.3, 0.4) is 0 Å². The lowest BCUT2D eigenvalue weighted by atomic mass is 9.99. The lowest BCUT2D eigenvalue weighted by molar-refractivity contribution is 0.0363. The van der Waals surface area contributed by atoms with Crippen molar-refractivity contribution in [1.82, 2.24) is 9.47 Å². The zero-order chi connectivity index (χ0) is 14.0. The van der Waals surface area contributed by atoms with Gasteiger partial charge in [0.15, 0.2) is 0 Å². The number of morpholine rings is 1. The lowest BCUT2D eigenvalue weighted by Crippen LogP contribution is -2.38. The summed E-state index contributed by atoms with van der Waals surface area (Å²) >= 11 is 0. The Hall–Kier alpha value is -0.800. The zero-order valence-electron chi connectivity index (χ0n) is 13.1. The number of hydrogen-bond donors (Lipinski definition) is 0. The molecule has 0 aliphatic carbocycles. The predicted molar refractivity (Wildman–Crippen MR) is 80.0 cm³/mol. The van der Waals surface area contributed by atoms with E-state index in [9.17, 15) is 0 Å². The van der Waals surface area contributed by atoms with Gasteiger partial charge < -0.3 is 9.30 Å². The molecule has 0 radical (unpaired) electrons. The van der Waals surface area contributed by atoms with Gasteiger partial charge in [-0.1, -0.05) is 13.8 Å². The molecule has 1 fully saturated rings. The molecule has 0 unspecified atom stereocenters. The van der Waals surface area contributed by atoms with E-state index in [1.165, 1.54) is 17.0 Å². The first-order valence-corrected chi connectivity index (χ1v) is 7.48. The lowest BCUT2D eigenvalue weighted by Gasteiger charge is -2.27. The predicted octanol–water partition coefficient (Wildman–Crippen LogP) is 2.87. The second-order valence-corrected chi connectivity index (χ2v) is 5.97. The molecular weight excluding hydrogens is 236 g/mol. The fourth-order valence-corrected chi connectivity index (χ4v) is 3.32. The molecule has 1 aliphatic rings. The molecule has 3 nitrogen and oxygen atoms in total. The Bertz CT molecular complexity index is 428. The maximum Gasteiger partial charge on any atom is 0.0594 e. The molecule has 0 saturated carbocycles. The van der Waals surface area contributed by atoms with Crippen LogP contribution in [0.5, 0.6) is 0 Å². The van der Waals surface area contributed by atoms with Crippen LogP contribution in [0, 0.1) is 20.8 Å². The Labute approximate surface area is 117 Å². The van der Waals surface area contributed by atoms with Crippen molar-refractivity contribution in [2.75, 3.05) is 32.8 Å². The van der Waals surface area contributed by atoms with E-state index in [0.29, 0.717) is 5.92 Å². The van der Waals surface area contributed by atoms with Crippen molar-refractivity contribution in [3.05, 3.63) is 22.5 Å². The summed E-state index contributed by atoms with van der Waals surface area (Å²) < 4.78 is 7.91. The van der Waals surface area contributed by atoms with Gasteiger partial charge in [0.1, 0.15) is 0 Å². The van der Waals surface area contributed by atoms with E-state index in [0.717, 1.165) is 39.4 Å². The number of ether oxygens (including phenoxy) is 1. The number of aromatic nitrogens is 1. The summed E-state index contributed by atoms with van der Waals surface area (Å²) in [5.74, 6) is 0.614. The first-order valence-electron chi connectivity index (χ1n) is 7.48. The molecule has 3 heteroatoms. The standard InChI is InChI=1S/C16H28N2O/c1-12(2)16-13(3)14(4)18(15(16)5)7-6-17-8-10-19-11-9-17/h12H,6-11H2,1-5H3. The Balaban J connectivity index is 2.09. The first kappa shape index (κ1) is 14.6. The normalized spacial score (nSPS) is 17.4. The van der Waals surface area contributed by atoms with Crippen LogP contribution in [0.4, 0.5) is 0 Å². The van der Waals surface area contributed by atoms with Crippen molar-refractivity contribution in [2.24, 2.45) is 0 Å². The number of nitrogens with zero attached hydrogens (tertiary/aromatic N) is 2. The maximum atomic E-state index is 5.41. The monoisotopic (exact) mass is 264 g/mol. The molecule has 19 heavy (non-hydrogen) atoms. The Morgan fingerprint density at radius 2 is 1.63 bits per heavy atom. The highest BCUT2D eigenvalue weighted by Crippen LogP contribution is 2.28. The minimum Gasteiger partial charge on any atom is -0.379 e. The van der Waals surface area contributed by atoms with Crippen LogP contribution in [0.1, 0.15) is 42.3 Å². The van der Waals surface area contributed by atoms with E-state index >= 15 is 0 Å². The van der Waals surface area contributed by atoms with Gasteiger partial charge in [-0.3, -0.25) is 4.90 Å². The summed E-state index contributed by atoms with van der Waals surface area (Å²) in [5, 5.41) is 0. The van der Waals surface area contributed by atoms with E-state index in [-0.39, 0.29) is 0 Å². The molecule has 0 atom stereocenters. The molecule has 0 N–H and O–H groups in total. The van der Waals surface area contributed by atoms with Gasteiger partial charge in [0, 0.05) is 37.6 Å². The SMILES string of the molecule is Cc1c(C(C)C)c(C)n(CCN2CCOCC2)c1C. The summed E-state index contributed by atoms with van der Waals surface area (Å²) in [6.07, 6.45) is 0. The smallest absolute Gasteiger partial charge is 0.0594 e. The Morgan fingerprint density at radius 3 is 2.16 bits per heavy atom. The topological polar surface area (TPSA) is 17.4 Å². The van der Waals surface area contributed by atoms with E-state index in [1.54, 1.807) is 5.56 Å². The van der Waals surface area contributed by atoms with Crippen molar-refractivity contribution in [1.29, 1.82) is 0 Å². The third-order valence-corrected chi connectivity index (χ3v) is 4.47. The molecule has 2 rings (SSSR count). The molecule has 108 valence electrons. The highest BCUT2D eigenvalue weighted by atomic mass is 16.5. The van der Waals surface area contributed by atoms with Crippen LogP contribution in [-0.4, -0.2) is 42.3 Å². The van der Waals surface area contributed by atoms with E-state index < -0.39 is 0 Å². The van der Waals surface area contributed by atoms with Crippen LogP contribution < -0.4 is 0 Å². The molecule has 0 bridgehead atoms. The van der Waals surface area contributed by atoms with Crippen LogP contribution in [-0.2, 0) is 11.3 Å². The Kier molecular flexibility index (Phi) is 4.69. The number of rotatable bonds is 4. The first-order chi connectivity index (χ1) is 9.02. The van der Waals surface area contributed by atoms with Gasteiger partial charge >= 0.3 is 0 Å². The summed E-state index contributed by atoms with van der Waals surface area (Å²) in [5.41, 5.74) is 5.92. The van der Waals surface area contributed by atoms with Crippen LogP contribution in [0.2, 0.25) is 0 Å². The van der Waals surface area contributed by atoms with Crippen molar-refractivity contribution < 1.29 is 4.74 Å². The summed E-state index contributed by atoms with van der Waals surface area (Å²) in [6, 6.07) is 0. The van der Waals surface area contributed by atoms with Crippen LogP contribution in [0.15, 0.2) is 0 Å². The minimum atomic E-state index is 0.614. The van der Waals surface area contributed by atoms with Gasteiger partial charge in [-0.05, 0) is 37.8 Å². The third-order valence-electron chi connectivity index (χ3n) is 4.47. The van der Waals surface area contributed by atoms with Crippen molar-refractivity contribution in [3.63, 3.8) is 0 Å². The van der Waals surface area contributed by atoms with E-state index in [2.05, 4.69) is 44.1 Å². The molecule has 1 aliphatic heterocycles. The zero-order valence-corrected chi connectivity index (χ0v) is 13.1. The second kappa shape index (κ2) is 6.10. The second-order valence-electron chi connectivity index (χ2n) is 5.97. The van der Waals surface area contributed by atoms with Crippen molar-refractivity contribution in [2.45, 2.75) is 47.1 Å². The fourth-order valence-electron chi connectivity index (χ4n) is 3.32. The summed E-state index contributed by atoms with van der Waals surface area (Å²) in [6.45, 7) is 17.6. The highest BCUT2D eigenvalue weighted by molar-refractivity contribution is 5.38. The van der Waals surface area contributed by atoms with Gasteiger partial charge in [0.2, 0.25) is 0 Å². The molecule has 1 aromatic rings. The Morgan fingerprint density at radius 1 is 1.00 bits per heavy atom. The molecule has 1 saturated heterocycles. The molecule has 0 aromatic carbocycles. The minimum absolute atomic E-state index is 0.614. The van der Waals surface area contributed by atoms with Gasteiger partial charge in [0.25, 0.3) is 0 Å². The van der Waals surface area contributed by atoms with Gasteiger partial charge in [-0.15, -0.1) is 0 Å². The molecule has 1 aromatic heterocycles. The largest absolute Gasteiger partial charge is 0.379 e. The molecule has 2 heterocycles. The van der Waals surface area contributed by atoms with Gasteiger partial charge in [0.05, 0.1) is 13.2 Å². The summed E-state index contributed by atoms with van der Waals surface area (Å²) in [4.78, 5) is 2.51. The van der Waals surface area contributed by atoms with E-state index in [4.69, 9.17) is 4.74 Å². The van der Waals surface area contributed by atoms with Crippen molar-refractivity contribution in [3.8, 4) is 0 Å². The van der Waals surface area contributed by atoms with Crippen LogP contribution in [0.25, 0.3) is 0 Å². The van der Waals surface area contributed by atoms with E-state index in [1.807, 2.05) is 0 Å². The fraction of sp³-hybridized carbons (Fsp3) is 0.750. The quantitative estimate of drug-likeness (QED) is 0.832. The highest BCUT2D eigenvalue weighted by Gasteiger charge is 2.17. The van der Waals surface area contributed by atoms with Gasteiger partial charge in [-0.25, -0.2) is 0 Å². The molecular formula is C16H28N2O. The van der Waals surface area contributed by atoms with Gasteiger partial charge in [-0.2, -0.15) is 0 Å². The van der Waals surface area contributed by atoms with Crippen molar-refractivity contribution >= 4 is 0 Å². The number of hydrogen-bond acceptors (Lipinski definition) is 2. The van der Waals surface area contributed by atoms with Crippen LogP contribution >= 0.6 is 0 Å². The summed E-state index contributed by atoms with van der Waals surface area (Å²) in [7, 11) is 0.